The van der Waals surface area contributed by atoms with Gasteiger partial charge in [-0.15, -0.1) is 0 Å². The van der Waals surface area contributed by atoms with Crippen LogP contribution in [0.2, 0.25) is 0 Å². The molecule has 5 nitrogen and oxygen atoms in total. The summed E-state index contributed by atoms with van der Waals surface area (Å²) in [5.41, 5.74) is 1.26. The van der Waals surface area contributed by atoms with Crippen LogP contribution >= 0.6 is 0 Å². The van der Waals surface area contributed by atoms with Gasteiger partial charge in [0.05, 0.1) is 0 Å². The quantitative estimate of drug-likeness (QED) is 0.907. The van der Waals surface area contributed by atoms with E-state index in [0.717, 1.165) is 44.2 Å². The fourth-order valence-corrected chi connectivity index (χ4v) is 3.29. The Morgan fingerprint density at radius 3 is 2.71 bits per heavy atom. The summed E-state index contributed by atoms with van der Waals surface area (Å²) >= 11 is 0. The van der Waals surface area contributed by atoms with Crippen LogP contribution in [0.3, 0.4) is 0 Å². The fraction of sp³-hybridized carbons (Fsp3) is 0.368. The second-order valence-electron chi connectivity index (χ2n) is 6.28. The lowest BCUT2D eigenvalue weighted by Crippen LogP contribution is -2.44. The van der Waals surface area contributed by atoms with E-state index in [0.29, 0.717) is 5.69 Å². The number of nitrogens with zero attached hydrogens (tertiary/aromatic N) is 1. The van der Waals surface area contributed by atoms with E-state index in [1.54, 1.807) is 24.3 Å². The third-order valence-corrected chi connectivity index (χ3v) is 4.59. The molecule has 1 atom stereocenters. The molecule has 1 aliphatic heterocycles. The number of aromatic hydroxyl groups is 1. The van der Waals surface area contributed by atoms with E-state index in [2.05, 4.69) is 4.98 Å². The normalized spacial score (nSPS) is 17.7. The largest absolute Gasteiger partial charge is 0.508 e. The number of rotatable bonds is 4. The predicted octanol–water partition coefficient (Wildman–Crippen LogP) is 2.71. The van der Waals surface area contributed by atoms with Gasteiger partial charge in [-0.2, -0.15) is 0 Å². The number of amides is 1. The Balaban J connectivity index is 1.69. The Morgan fingerprint density at radius 1 is 1.17 bits per heavy atom. The molecule has 0 spiro atoms. The van der Waals surface area contributed by atoms with Crippen LogP contribution in [0.4, 0.5) is 0 Å². The molecule has 1 amide bonds. The van der Waals surface area contributed by atoms with Crippen LogP contribution in [0, 0.1) is 0 Å². The molecule has 2 heterocycles. The van der Waals surface area contributed by atoms with Gasteiger partial charge in [0.15, 0.2) is 0 Å². The predicted molar refractivity (Wildman–Crippen MR) is 92.2 cm³/mol. The van der Waals surface area contributed by atoms with Gasteiger partial charge in [0.25, 0.3) is 5.91 Å². The summed E-state index contributed by atoms with van der Waals surface area (Å²) in [6.07, 6.45) is 4.85. The summed E-state index contributed by atoms with van der Waals surface area (Å²) < 4.78 is 0. The van der Waals surface area contributed by atoms with Gasteiger partial charge in [-0.1, -0.05) is 18.2 Å². The zero-order valence-corrected chi connectivity index (χ0v) is 13.6. The van der Waals surface area contributed by atoms with E-state index in [-0.39, 0.29) is 23.3 Å². The van der Waals surface area contributed by atoms with Gasteiger partial charge in [-0.25, -0.2) is 0 Å². The second-order valence-corrected chi connectivity index (χ2v) is 6.28. The highest BCUT2D eigenvalue weighted by Gasteiger charge is 2.27. The average Bonchev–Trinajstić information content (AvgIpc) is 2.61. The van der Waals surface area contributed by atoms with Gasteiger partial charge in [0.2, 0.25) is 5.56 Å². The molecule has 24 heavy (non-hydrogen) atoms. The van der Waals surface area contributed by atoms with Crippen molar-refractivity contribution in [3.8, 4) is 5.75 Å². The monoisotopic (exact) mass is 326 g/mol. The number of H-pyrrole nitrogens is 1. The van der Waals surface area contributed by atoms with Crippen molar-refractivity contribution in [1.82, 2.24) is 9.88 Å². The maximum absolute atomic E-state index is 12.7. The molecule has 0 radical (unpaired) electrons. The number of pyridine rings is 1. The van der Waals surface area contributed by atoms with Crippen molar-refractivity contribution < 1.29 is 9.90 Å². The van der Waals surface area contributed by atoms with Crippen LogP contribution in [0.25, 0.3) is 0 Å². The van der Waals surface area contributed by atoms with Crippen LogP contribution in [0.5, 0.6) is 5.75 Å². The van der Waals surface area contributed by atoms with E-state index in [1.807, 2.05) is 17.0 Å². The molecule has 1 aromatic carbocycles. The molecular formula is C19H22N2O3. The first kappa shape index (κ1) is 16.3. The van der Waals surface area contributed by atoms with E-state index in [9.17, 15) is 14.7 Å². The highest BCUT2D eigenvalue weighted by molar-refractivity contribution is 5.92. The molecule has 1 aliphatic rings. The lowest BCUT2D eigenvalue weighted by molar-refractivity contribution is 0.0595. The van der Waals surface area contributed by atoms with Crippen molar-refractivity contribution in [1.29, 1.82) is 0 Å². The molecule has 0 saturated carbocycles. The third-order valence-electron chi connectivity index (χ3n) is 4.59. The highest BCUT2D eigenvalue weighted by atomic mass is 16.3. The molecule has 5 heteroatoms. The molecule has 2 aromatic rings. The first-order chi connectivity index (χ1) is 11.6. The Hall–Kier alpha value is -2.56. The number of hydrogen-bond donors (Lipinski definition) is 2. The Labute approximate surface area is 140 Å². The number of likely N-dealkylation sites (tertiary alicyclic amines) is 1. The van der Waals surface area contributed by atoms with E-state index in [4.69, 9.17) is 0 Å². The summed E-state index contributed by atoms with van der Waals surface area (Å²) in [5.74, 6) is 0.171. The van der Waals surface area contributed by atoms with Gasteiger partial charge < -0.3 is 15.0 Å². The maximum Gasteiger partial charge on any atom is 0.270 e. The number of carbonyl (C=O) groups is 1. The zero-order valence-electron chi connectivity index (χ0n) is 13.6. The number of phenolic OH excluding ortho intramolecular Hbond substituents is 1. The lowest BCUT2D eigenvalue weighted by Gasteiger charge is -2.36. The number of benzene rings is 1. The molecule has 1 fully saturated rings. The van der Waals surface area contributed by atoms with Crippen molar-refractivity contribution in [3.63, 3.8) is 0 Å². The SMILES string of the molecule is O=C(c1cccc(=O)[nH]1)N1CCCCC1CCc1ccc(O)cc1. The molecule has 1 saturated heterocycles. The van der Waals surface area contributed by atoms with Gasteiger partial charge in [0, 0.05) is 18.7 Å². The third kappa shape index (κ3) is 3.85. The Kier molecular flexibility index (Phi) is 4.99. The van der Waals surface area contributed by atoms with Gasteiger partial charge in [-0.05, 0) is 55.9 Å². The van der Waals surface area contributed by atoms with Crippen LogP contribution in [-0.2, 0) is 6.42 Å². The summed E-state index contributed by atoms with van der Waals surface area (Å²) in [6.45, 7) is 0.732. The van der Waals surface area contributed by atoms with Crippen LogP contribution in [-0.4, -0.2) is 33.5 Å². The van der Waals surface area contributed by atoms with Gasteiger partial charge in [0.1, 0.15) is 11.4 Å². The number of carbonyl (C=O) groups excluding carboxylic acids is 1. The maximum atomic E-state index is 12.7. The molecule has 3 rings (SSSR count). The minimum atomic E-state index is -0.251. The van der Waals surface area contributed by atoms with Crippen molar-refractivity contribution >= 4 is 5.91 Å². The van der Waals surface area contributed by atoms with Crippen LogP contribution < -0.4 is 5.56 Å². The average molecular weight is 326 g/mol. The Morgan fingerprint density at radius 2 is 1.96 bits per heavy atom. The zero-order chi connectivity index (χ0) is 16.9. The van der Waals surface area contributed by atoms with Gasteiger partial charge >= 0.3 is 0 Å². The van der Waals surface area contributed by atoms with Gasteiger partial charge in [-0.3, -0.25) is 9.59 Å². The number of piperidine rings is 1. The molecule has 0 aliphatic carbocycles. The Bertz CT molecular complexity index is 752. The number of nitrogens with one attached hydrogen (secondary N) is 1. The minimum absolute atomic E-state index is 0.0943. The number of hydrogen-bond acceptors (Lipinski definition) is 3. The van der Waals surface area contributed by atoms with Crippen molar-refractivity contribution in [3.05, 3.63) is 64.1 Å². The van der Waals surface area contributed by atoms with Crippen molar-refractivity contribution in [2.45, 2.75) is 38.1 Å². The number of phenols is 1. The second kappa shape index (κ2) is 7.34. The van der Waals surface area contributed by atoms with Crippen LogP contribution in [0.15, 0.2) is 47.3 Å². The summed E-state index contributed by atoms with van der Waals surface area (Å²) in [5, 5.41) is 9.36. The molecule has 0 bridgehead atoms. The first-order valence-electron chi connectivity index (χ1n) is 8.42. The lowest BCUT2D eigenvalue weighted by atomic mass is 9.95. The van der Waals surface area contributed by atoms with Crippen LogP contribution in [0.1, 0.15) is 41.7 Å². The molecule has 1 unspecified atom stereocenters. The molecule has 2 N–H and O–H groups in total. The molecule has 126 valence electrons. The first-order valence-corrected chi connectivity index (χ1v) is 8.42. The standard InChI is InChI=1S/C19H22N2O3/c22-16-11-8-14(9-12-16)7-10-15-4-1-2-13-21(15)19(24)17-5-3-6-18(23)20-17/h3,5-6,8-9,11-12,15,22H,1-2,4,7,10,13H2,(H,20,23). The van der Waals surface area contributed by atoms with E-state index in [1.165, 1.54) is 6.07 Å². The number of aryl methyl sites for hydroxylation is 1. The highest BCUT2D eigenvalue weighted by Crippen LogP contribution is 2.23. The summed E-state index contributed by atoms with van der Waals surface area (Å²) in [7, 11) is 0. The smallest absolute Gasteiger partial charge is 0.270 e. The summed E-state index contributed by atoms with van der Waals surface area (Å²) in [4.78, 5) is 28.7. The number of aromatic nitrogens is 1. The molecular weight excluding hydrogens is 304 g/mol. The summed E-state index contributed by atoms with van der Waals surface area (Å²) in [6, 6.07) is 12.1. The number of aromatic amines is 1. The van der Waals surface area contributed by atoms with Crippen molar-refractivity contribution in [2.24, 2.45) is 0 Å². The minimum Gasteiger partial charge on any atom is -0.508 e. The topological polar surface area (TPSA) is 73.4 Å². The molecule has 1 aromatic heterocycles. The van der Waals surface area contributed by atoms with E-state index >= 15 is 0 Å². The van der Waals surface area contributed by atoms with E-state index < -0.39 is 0 Å². The van der Waals surface area contributed by atoms with Crippen molar-refractivity contribution in [2.75, 3.05) is 6.54 Å². The fourth-order valence-electron chi connectivity index (χ4n) is 3.29.